The molecule has 0 saturated carbocycles. The Morgan fingerprint density at radius 3 is 2.96 bits per heavy atom. The third kappa shape index (κ3) is 4.29. The van der Waals surface area contributed by atoms with E-state index in [1.54, 1.807) is 11.3 Å². The van der Waals surface area contributed by atoms with Gasteiger partial charge in [-0.2, -0.15) is 0 Å². The van der Waals surface area contributed by atoms with Crippen molar-refractivity contribution in [1.29, 1.82) is 0 Å². The number of amides is 1. The van der Waals surface area contributed by atoms with E-state index in [0.717, 1.165) is 76.1 Å². The molecule has 2 aliphatic heterocycles. The molecule has 4 heterocycles. The molecule has 6 heteroatoms. The maximum Gasteiger partial charge on any atom is 0.254 e. The van der Waals surface area contributed by atoms with Crippen LogP contribution >= 0.6 is 11.3 Å². The maximum absolute atomic E-state index is 13.1. The number of hydrogen-bond donors (Lipinski definition) is 1. The van der Waals surface area contributed by atoms with Gasteiger partial charge >= 0.3 is 0 Å². The van der Waals surface area contributed by atoms with Crippen molar-refractivity contribution < 1.29 is 4.79 Å². The number of aryl methyl sites for hydroxylation is 1. The number of pyridine rings is 1. The lowest BCUT2D eigenvalue weighted by molar-refractivity contribution is 0.0760. The highest BCUT2D eigenvalue weighted by molar-refractivity contribution is 7.10. The molecule has 0 aromatic carbocycles. The molecule has 2 aromatic rings. The van der Waals surface area contributed by atoms with Crippen molar-refractivity contribution in [2.45, 2.75) is 58.2 Å². The van der Waals surface area contributed by atoms with Crippen LogP contribution in [0.2, 0.25) is 0 Å². The lowest BCUT2D eigenvalue weighted by atomic mass is 10.0. The Labute approximate surface area is 171 Å². The minimum atomic E-state index is 0.205. The third-order valence-corrected chi connectivity index (χ3v) is 7.01. The minimum absolute atomic E-state index is 0.205. The number of nitrogens with zero attached hydrogens (tertiary/aromatic N) is 3. The molecule has 2 N–H and O–H groups in total. The van der Waals surface area contributed by atoms with Gasteiger partial charge in [0.15, 0.2) is 0 Å². The summed E-state index contributed by atoms with van der Waals surface area (Å²) in [4.78, 5) is 23.5. The number of rotatable bonds is 4. The number of hydrogen-bond acceptors (Lipinski definition) is 5. The molecule has 5 nitrogen and oxygen atoms in total. The van der Waals surface area contributed by atoms with Gasteiger partial charge in [-0.05, 0) is 49.3 Å². The van der Waals surface area contributed by atoms with Crippen LogP contribution in [-0.2, 0) is 25.9 Å². The molecule has 28 heavy (non-hydrogen) atoms. The summed E-state index contributed by atoms with van der Waals surface area (Å²) in [6.45, 7) is 6.54. The summed E-state index contributed by atoms with van der Waals surface area (Å²) < 4.78 is 0. The fourth-order valence-corrected chi connectivity index (χ4v) is 5.29. The Balaban J connectivity index is 1.42. The number of fused-ring (bicyclic) bond motifs is 1. The molecule has 1 fully saturated rings. The Kier molecular flexibility index (Phi) is 6.09. The van der Waals surface area contributed by atoms with Gasteiger partial charge in [-0.25, -0.2) is 0 Å². The van der Waals surface area contributed by atoms with E-state index in [9.17, 15) is 4.79 Å². The fraction of sp³-hybridized carbons (Fsp3) is 0.545. The van der Waals surface area contributed by atoms with Crippen LogP contribution in [0.3, 0.4) is 0 Å². The molecule has 4 rings (SSSR count). The maximum atomic E-state index is 13.1. The van der Waals surface area contributed by atoms with Crippen LogP contribution in [0.25, 0.3) is 0 Å². The zero-order chi connectivity index (χ0) is 19.5. The van der Waals surface area contributed by atoms with Gasteiger partial charge in [0.05, 0.1) is 11.3 Å². The van der Waals surface area contributed by atoms with E-state index < -0.39 is 0 Å². The van der Waals surface area contributed by atoms with Crippen LogP contribution in [0.15, 0.2) is 23.7 Å². The number of aromatic nitrogens is 1. The standard InChI is InChI=1S/C22H30N4OS/c1-2-16-5-6-18(24-12-16)13-25-10-8-19-20(15-28-21(19)14-25)22(27)26-9-3-4-17(23)7-11-26/h5-6,12,15,17H,2-4,7-11,13-14,23H2,1H3/t17-/m1/s1. The number of nitrogens with two attached hydrogens (primary N) is 1. The summed E-state index contributed by atoms with van der Waals surface area (Å²) in [6.07, 6.45) is 6.90. The number of carbonyl (C=O) groups is 1. The van der Waals surface area contributed by atoms with E-state index in [-0.39, 0.29) is 11.9 Å². The van der Waals surface area contributed by atoms with Gasteiger partial charge in [0.1, 0.15) is 0 Å². The molecule has 1 amide bonds. The Hall–Kier alpha value is -1.76. The van der Waals surface area contributed by atoms with Crippen LogP contribution < -0.4 is 5.73 Å². The lowest BCUT2D eigenvalue weighted by Crippen LogP contribution is -2.34. The van der Waals surface area contributed by atoms with Gasteiger partial charge in [0, 0.05) is 55.2 Å². The Morgan fingerprint density at radius 2 is 2.18 bits per heavy atom. The van der Waals surface area contributed by atoms with Crippen molar-refractivity contribution in [3.8, 4) is 0 Å². The normalized spacial score (nSPS) is 20.6. The van der Waals surface area contributed by atoms with E-state index in [1.807, 2.05) is 11.1 Å². The van der Waals surface area contributed by atoms with Crippen molar-refractivity contribution in [1.82, 2.24) is 14.8 Å². The van der Waals surface area contributed by atoms with Gasteiger partial charge < -0.3 is 10.6 Å². The summed E-state index contributed by atoms with van der Waals surface area (Å²) in [5, 5.41) is 2.08. The molecule has 1 atom stereocenters. The Morgan fingerprint density at radius 1 is 1.29 bits per heavy atom. The van der Waals surface area contributed by atoms with E-state index in [4.69, 9.17) is 5.73 Å². The predicted octanol–water partition coefficient (Wildman–Crippen LogP) is 3.22. The molecule has 0 aliphatic carbocycles. The van der Waals surface area contributed by atoms with Crippen LogP contribution in [0.5, 0.6) is 0 Å². The average Bonchev–Trinajstić information content (AvgIpc) is 3.01. The lowest BCUT2D eigenvalue weighted by Gasteiger charge is -2.27. The summed E-state index contributed by atoms with van der Waals surface area (Å²) in [7, 11) is 0. The highest BCUT2D eigenvalue weighted by Crippen LogP contribution is 2.30. The van der Waals surface area contributed by atoms with Crippen LogP contribution in [0.4, 0.5) is 0 Å². The van der Waals surface area contributed by atoms with E-state index in [2.05, 4.69) is 34.3 Å². The average molecular weight is 399 g/mol. The molecule has 2 aromatic heterocycles. The highest BCUT2D eigenvalue weighted by atomic mass is 32.1. The number of thiophene rings is 1. The first kappa shape index (κ1) is 19.6. The highest BCUT2D eigenvalue weighted by Gasteiger charge is 2.27. The monoisotopic (exact) mass is 398 g/mol. The van der Waals surface area contributed by atoms with Crippen molar-refractivity contribution in [3.05, 3.63) is 51.0 Å². The van der Waals surface area contributed by atoms with Crippen molar-refractivity contribution >= 4 is 17.2 Å². The van der Waals surface area contributed by atoms with E-state index in [1.165, 1.54) is 16.0 Å². The largest absolute Gasteiger partial charge is 0.339 e. The molecular formula is C22H30N4OS. The fourth-order valence-electron chi connectivity index (χ4n) is 4.18. The van der Waals surface area contributed by atoms with Crippen LogP contribution in [0.1, 0.15) is 58.2 Å². The molecular weight excluding hydrogens is 368 g/mol. The number of carbonyl (C=O) groups excluding carboxylic acids is 1. The molecule has 0 spiro atoms. The summed E-state index contributed by atoms with van der Waals surface area (Å²) >= 11 is 1.74. The first-order valence-corrected chi connectivity index (χ1v) is 11.3. The van der Waals surface area contributed by atoms with Crippen molar-refractivity contribution in [2.24, 2.45) is 5.73 Å². The zero-order valence-corrected chi connectivity index (χ0v) is 17.5. The van der Waals surface area contributed by atoms with Gasteiger partial charge in [-0.15, -0.1) is 11.3 Å². The first-order valence-electron chi connectivity index (χ1n) is 10.4. The van der Waals surface area contributed by atoms with Gasteiger partial charge in [0.2, 0.25) is 0 Å². The van der Waals surface area contributed by atoms with E-state index >= 15 is 0 Å². The summed E-state index contributed by atoms with van der Waals surface area (Å²) in [6, 6.07) is 4.55. The first-order chi connectivity index (χ1) is 13.6. The minimum Gasteiger partial charge on any atom is -0.339 e. The molecule has 2 aliphatic rings. The molecule has 0 bridgehead atoms. The predicted molar refractivity (Wildman–Crippen MR) is 113 cm³/mol. The number of likely N-dealkylation sites (tertiary alicyclic amines) is 1. The molecule has 1 saturated heterocycles. The summed E-state index contributed by atoms with van der Waals surface area (Å²) in [5.74, 6) is 0.205. The van der Waals surface area contributed by atoms with Crippen LogP contribution in [-0.4, -0.2) is 46.4 Å². The second-order valence-corrected chi connectivity index (χ2v) is 8.97. The topological polar surface area (TPSA) is 62.5 Å². The molecule has 0 unspecified atom stereocenters. The second kappa shape index (κ2) is 8.72. The van der Waals surface area contributed by atoms with Crippen molar-refractivity contribution in [3.63, 3.8) is 0 Å². The molecule has 150 valence electrons. The van der Waals surface area contributed by atoms with E-state index in [0.29, 0.717) is 0 Å². The zero-order valence-electron chi connectivity index (χ0n) is 16.7. The SMILES string of the molecule is CCc1ccc(CN2CCc3c(C(=O)N4CCC[C@@H](N)CC4)csc3C2)nc1. The van der Waals surface area contributed by atoms with Gasteiger partial charge in [-0.1, -0.05) is 13.0 Å². The Bertz CT molecular complexity index is 816. The third-order valence-electron chi connectivity index (χ3n) is 6.00. The smallest absolute Gasteiger partial charge is 0.254 e. The summed E-state index contributed by atoms with van der Waals surface area (Å²) in [5.41, 5.74) is 10.7. The second-order valence-electron chi connectivity index (χ2n) is 8.01. The quantitative estimate of drug-likeness (QED) is 0.859. The van der Waals surface area contributed by atoms with Crippen LogP contribution in [0, 0.1) is 0 Å². The van der Waals surface area contributed by atoms with Gasteiger partial charge in [0.25, 0.3) is 5.91 Å². The van der Waals surface area contributed by atoms with Crippen molar-refractivity contribution in [2.75, 3.05) is 19.6 Å². The van der Waals surface area contributed by atoms with Gasteiger partial charge in [-0.3, -0.25) is 14.7 Å². The molecule has 0 radical (unpaired) electrons.